The second-order valence-electron chi connectivity index (χ2n) is 6.22. The van der Waals surface area contributed by atoms with Crippen LogP contribution in [0.25, 0.3) is 6.08 Å². The van der Waals surface area contributed by atoms with Gasteiger partial charge in [-0.2, -0.15) is 0 Å². The highest BCUT2D eigenvalue weighted by atomic mass is 32.1. The number of aliphatic hydroxyl groups is 1. The summed E-state index contributed by atoms with van der Waals surface area (Å²) in [6.45, 7) is 2.18. The van der Waals surface area contributed by atoms with E-state index in [9.17, 15) is 9.90 Å². The van der Waals surface area contributed by atoms with Crippen molar-refractivity contribution in [1.29, 1.82) is 0 Å². The zero-order valence-electron chi connectivity index (χ0n) is 15.1. The molecular weight excluding hydrogens is 320 g/mol. The lowest BCUT2D eigenvalue weighted by atomic mass is 10.1. The Labute approximate surface area is 150 Å². The van der Waals surface area contributed by atoms with Crippen molar-refractivity contribution >= 4 is 23.4 Å². The van der Waals surface area contributed by atoms with Gasteiger partial charge >= 0.3 is 5.97 Å². The number of ether oxygens (including phenoxy) is 1. The molecule has 0 saturated carbocycles. The van der Waals surface area contributed by atoms with Gasteiger partial charge in [-0.3, -0.25) is 4.79 Å². The third kappa shape index (κ3) is 9.89. The quantitative estimate of drug-likeness (QED) is 0.383. The van der Waals surface area contributed by atoms with Gasteiger partial charge in [0.15, 0.2) is 0 Å². The van der Waals surface area contributed by atoms with Gasteiger partial charge in [0.2, 0.25) is 0 Å². The average Bonchev–Trinajstić information content (AvgIpc) is 3.04. The van der Waals surface area contributed by atoms with E-state index in [2.05, 4.69) is 23.8 Å². The van der Waals surface area contributed by atoms with Gasteiger partial charge in [0.1, 0.15) is 0 Å². The van der Waals surface area contributed by atoms with Crippen LogP contribution in [0.15, 0.2) is 18.2 Å². The molecule has 0 aliphatic heterocycles. The summed E-state index contributed by atoms with van der Waals surface area (Å²) in [5.41, 5.74) is 0. The van der Waals surface area contributed by atoms with Gasteiger partial charge in [-0.15, -0.1) is 11.3 Å². The maximum atomic E-state index is 11.0. The fraction of sp³-hybridized carbons (Fsp3) is 0.650. The van der Waals surface area contributed by atoms with Crippen molar-refractivity contribution in [2.45, 2.75) is 77.2 Å². The van der Waals surface area contributed by atoms with E-state index in [1.165, 1.54) is 29.7 Å². The molecule has 1 N–H and O–H groups in total. The first-order chi connectivity index (χ1) is 11.7. The molecule has 136 valence electrons. The van der Waals surface area contributed by atoms with Crippen LogP contribution in [-0.2, 0) is 16.0 Å². The maximum Gasteiger partial charge on any atom is 0.305 e. The van der Waals surface area contributed by atoms with E-state index < -0.39 is 0 Å². The fourth-order valence-corrected chi connectivity index (χ4v) is 3.52. The Bertz CT molecular complexity index is 479. The fourth-order valence-electron chi connectivity index (χ4n) is 2.55. The number of carbonyl (C=O) groups is 1. The second-order valence-corrected chi connectivity index (χ2v) is 7.42. The molecule has 0 saturated heterocycles. The Morgan fingerprint density at radius 1 is 1.21 bits per heavy atom. The molecule has 1 aromatic heterocycles. The van der Waals surface area contributed by atoms with Crippen LogP contribution >= 0.6 is 11.3 Å². The number of unbranched alkanes of at least 4 members (excludes halogenated alkanes) is 5. The first kappa shape index (κ1) is 20.9. The van der Waals surface area contributed by atoms with E-state index in [0.29, 0.717) is 6.42 Å². The van der Waals surface area contributed by atoms with Crippen LogP contribution in [0.4, 0.5) is 0 Å². The van der Waals surface area contributed by atoms with Crippen LogP contribution in [0.1, 0.15) is 74.5 Å². The molecule has 0 spiro atoms. The van der Waals surface area contributed by atoms with Crippen molar-refractivity contribution in [2.24, 2.45) is 0 Å². The lowest BCUT2D eigenvalue weighted by molar-refractivity contribution is -0.140. The largest absolute Gasteiger partial charge is 0.469 e. The average molecular weight is 353 g/mol. The normalized spacial score (nSPS) is 12.6. The number of hydrogen-bond acceptors (Lipinski definition) is 4. The zero-order chi connectivity index (χ0) is 17.6. The second kappa shape index (κ2) is 13.2. The molecule has 0 aliphatic rings. The highest BCUT2D eigenvalue weighted by Crippen LogP contribution is 2.21. The Morgan fingerprint density at radius 2 is 2.00 bits per heavy atom. The number of carbonyl (C=O) groups excluding carboxylic acids is 1. The van der Waals surface area contributed by atoms with Gasteiger partial charge < -0.3 is 9.84 Å². The topological polar surface area (TPSA) is 46.5 Å². The number of aliphatic hydroxyl groups excluding tert-OH is 1. The lowest BCUT2D eigenvalue weighted by Crippen LogP contribution is -2.00. The monoisotopic (exact) mass is 352 g/mol. The minimum atomic E-state index is -0.322. The maximum absolute atomic E-state index is 11.0. The molecule has 0 radical (unpaired) electrons. The molecular formula is C20H32O3S. The Hall–Kier alpha value is -1.13. The van der Waals surface area contributed by atoms with Crippen molar-refractivity contribution in [3.8, 4) is 0 Å². The van der Waals surface area contributed by atoms with Gasteiger partial charge in [-0.05, 0) is 43.9 Å². The van der Waals surface area contributed by atoms with Crippen LogP contribution in [0.5, 0.6) is 0 Å². The third-order valence-electron chi connectivity index (χ3n) is 4.05. The summed E-state index contributed by atoms with van der Waals surface area (Å²) in [5, 5.41) is 9.91. The number of methoxy groups -OCH3 is 1. The van der Waals surface area contributed by atoms with Crippen molar-refractivity contribution < 1.29 is 14.6 Å². The molecule has 1 aromatic rings. The molecule has 0 aliphatic carbocycles. The van der Waals surface area contributed by atoms with Gasteiger partial charge in [0.25, 0.3) is 0 Å². The van der Waals surface area contributed by atoms with Crippen LogP contribution in [0, 0.1) is 0 Å². The highest BCUT2D eigenvalue weighted by Gasteiger charge is 2.02. The Balaban J connectivity index is 2.17. The Kier molecular flexibility index (Phi) is 11.5. The highest BCUT2D eigenvalue weighted by molar-refractivity contribution is 7.12. The summed E-state index contributed by atoms with van der Waals surface area (Å²) < 4.78 is 4.63. The number of esters is 1. The molecule has 0 amide bonds. The molecule has 0 bridgehead atoms. The third-order valence-corrected chi connectivity index (χ3v) is 5.16. The molecule has 1 rings (SSSR count). The molecule has 24 heavy (non-hydrogen) atoms. The van der Waals surface area contributed by atoms with Gasteiger partial charge in [-0.1, -0.05) is 45.1 Å². The van der Waals surface area contributed by atoms with E-state index in [1.807, 2.05) is 12.2 Å². The van der Waals surface area contributed by atoms with E-state index >= 15 is 0 Å². The number of aryl methyl sites for hydroxylation is 1. The van der Waals surface area contributed by atoms with Crippen molar-refractivity contribution in [3.05, 3.63) is 28.0 Å². The first-order valence-electron chi connectivity index (χ1n) is 9.17. The summed E-state index contributed by atoms with van der Waals surface area (Å²) >= 11 is 1.80. The van der Waals surface area contributed by atoms with Crippen molar-refractivity contribution in [1.82, 2.24) is 0 Å². The first-order valence-corrected chi connectivity index (χ1v) is 9.99. The van der Waals surface area contributed by atoms with E-state index in [0.717, 1.165) is 44.9 Å². The minimum absolute atomic E-state index is 0.110. The van der Waals surface area contributed by atoms with E-state index in [4.69, 9.17) is 0 Å². The van der Waals surface area contributed by atoms with Crippen LogP contribution in [-0.4, -0.2) is 24.3 Å². The molecule has 0 aromatic carbocycles. The van der Waals surface area contributed by atoms with Gasteiger partial charge in [0, 0.05) is 16.2 Å². The van der Waals surface area contributed by atoms with Gasteiger partial charge in [-0.25, -0.2) is 0 Å². The standard InChI is InChI=1S/C20H32O3S/c1-3-4-7-10-17(21)13-14-19-16-15-18(24-19)11-8-5-6-9-12-20(22)23-2/h13-17,21H,3-12H2,1-2H3. The predicted octanol–water partition coefficient (Wildman–Crippen LogP) is 5.37. The molecule has 1 atom stereocenters. The lowest BCUT2D eigenvalue weighted by Gasteiger charge is -2.03. The molecule has 1 unspecified atom stereocenters. The van der Waals surface area contributed by atoms with Crippen LogP contribution < -0.4 is 0 Å². The number of rotatable bonds is 13. The number of hydrogen-bond donors (Lipinski definition) is 1. The Morgan fingerprint density at radius 3 is 2.75 bits per heavy atom. The smallest absolute Gasteiger partial charge is 0.305 e. The van der Waals surface area contributed by atoms with Crippen LogP contribution in [0.2, 0.25) is 0 Å². The zero-order valence-corrected chi connectivity index (χ0v) is 15.9. The molecule has 1 heterocycles. The summed E-state index contributed by atoms with van der Waals surface area (Å²) in [7, 11) is 1.44. The van der Waals surface area contributed by atoms with E-state index in [1.54, 1.807) is 11.3 Å². The molecule has 0 fully saturated rings. The van der Waals surface area contributed by atoms with Crippen LogP contribution in [0.3, 0.4) is 0 Å². The molecule has 3 nitrogen and oxygen atoms in total. The summed E-state index contributed by atoms with van der Waals surface area (Å²) in [6, 6.07) is 4.31. The van der Waals surface area contributed by atoms with Crippen molar-refractivity contribution in [2.75, 3.05) is 7.11 Å². The molecule has 4 heteroatoms. The summed E-state index contributed by atoms with van der Waals surface area (Å²) in [5.74, 6) is -0.110. The summed E-state index contributed by atoms with van der Waals surface area (Å²) in [4.78, 5) is 13.6. The van der Waals surface area contributed by atoms with Gasteiger partial charge in [0.05, 0.1) is 13.2 Å². The predicted molar refractivity (Wildman–Crippen MR) is 102 cm³/mol. The van der Waals surface area contributed by atoms with E-state index in [-0.39, 0.29) is 12.1 Å². The summed E-state index contributed by atoms with van der Waals surface area (Å²) in [6.07, 6.45) is 13.9. The SMILES string of the molecule is CCCCCC(O)C=Cc1ccc(CCCCCCC(=O)OC)s1. The van der Waals surface area contributed by atoms with Crippen molar-refractivity contribution in [3.63, 3.8) is 0 Å². The number of thiophene rings is 1. The minimum Gasteiger partial charge on any atom is -0.469 e.